The summed E-state index contributed by atoms with van der Waals surface area (Å²) in [5.41, 5.74) is 0.0646. The first-order valence-corrected chi connectivity index (χ1v) is 3.69. The Morgan fingerprint density at radius 2 is 2.42 bits per heavy atom. The van der Waals surface area contributed by atoms with E-state index in [2.05, 4.69) is 5.92 Å². The smallest absolute Gasteiger partial charge is 0.258 e. The average Bonchev–Trinajstić information content (AvgIpc) is 2.04. The summed E-state index contributed by atoms with van der Waals surface area (Å²) in [6.45, 7) is 1.96. The fourth-order valence-corrected chi connectivity index (χ4v) is 0.629. The number of nitro groups is 1. The highest BCUT2D eigenvalue weighted by Crippen LogP contribution is 2.01. The number of rotatable bonds is 4. The van der Waals surface area contributed by atoms with Gasteiger partial charge < -0.3 is 0 Å². The molecule has 0 aromatic heterocycles. The van der Waals surface area contributed by atoms with Gasteiger partial charge in [0.25, 0.3) is 5.70 Å². The van der Waals surface area contributed by atoms with E-state index in [0.29, 0.717) is 6.42 Å². The maximum Gasteiger partial charge on any atom is 0.266 e. The summed E-state index contributed by atoms with van der Waals surface area (Å²) >= 11 is 0. The van der Waals surface area contributed by atoms with Crippen molar-refractivity contribution < 1.29 is 4.92 Å². The lowest BCUT2D eigenvalue weighted by Gasteiger charge is -1.89. The van der Waals surface area contributed by atoms with Gasteiger partial charge in [-0.25, -0.2) is 0 Å². The van der Waals surface area contributed by atoms with Gasteiger partial charge in [-0.2, -0.15) is 0 Å². The van der Waals surface area contributed by atoms with E-state index in [1.807, 2.05) is 6.92 Å². The fourth-order valence-electron chi connectivity index (χ4n) is 0.629. The zero-order valence-electron chi connectivity index (χ0n) is 6.99. The molecule has 0 unspecified atom stereocenters. The zero-order valence-corrected chi connectivity index (χ0v) is 6.99. The van der Waals surface area contributed by atoms with Crippen molar-refractivity contribution in [3.05, 3.63) is 34.0 Å². The quantitative estimate of drug-likeness (QED) is 0.277. The monoisotopic (exact) mass is 165 g/mol. The summed E-state index contributed by atoms with van der Waals surface area (Å²) in [6, 6.07) is 0. The van der Waals surface area contributed by atoms with Gasteiger partial charge in [0.15, 0.2) is 0 Å². The van der Waals surface area contributed by atoms with Crippen LogP contribution in [-0.4, -0.2) is 4.92 Å². The van der Waals surface area contributed by atoms with E-state index in [1.54, 1.807) is 6.08 Å². The van der Waals surface area contributed by atoms with E-state index in [4.69, 9.17) is 6.42 Å². The van der Waals surface area contributed by atoms with Crippen LogP contribution in [0.2, 0.25) is 0 Å². The van der Waals surface area contributed by atoms with Crippen LogP contribution >= 0.6 is 0 Å². The fraction of sp³-hybridized carbons (Fsp3) is 0.333. The maximum atomic E-state index is 10.3. The van der Waals surface area contributed by atoms with Crippen LogP contribution in [0.3, 0.4) is 0 Å². The molecule has 0 aromatic rings. The first-order chi connectivity index (χ1) is 5.72. The Morgan fingerprint density at radius 1 is 1.75 bits per heavy atom. The second-order valence-electron chi connectivity index (χ2n) is 2.17. The predicted octanol–water partition coefficient (Wildman–Crippen LogP) is 2.14. The third-order valence-corrected chi connectivity index (χ3v) is 1.20. The van der Waals surface area contributed by atoms with E-state index >= 15 is 0 Å². The predicted molar refractivity (Wildman–Crippen MR) is 48.0 cm³/mol. The number of unbranched alkanes of at least 4 members (excludes halogenated alkanes) is 1. The summed E-state index contributed by atoms with van der Waals surface area (Å²) in [5.74, 6) is 2.20. The van der Waals surface area contributed by atoms with Gasteiger partial charge in [0.2, 0.25) is 0 Å². The standard InChI is InChI=1S/C9H11NO2/c1-3-5-7-9(10(11)12)8-6-4-2/h1,5,7-8H,4,6H2,2H3/b7-5-,9-8+. The molecule has 0 amide bonds. The molecule has 12 heavy (non-hydrogen) atoms. The summed E-state index contributed by atoms with van der Waals surface area (Å²) in [6.07, 6.45) is 10.7. The molecule has 0 N–H and O–H groups in total. The zero-order chi connectivity index (χ0) is 9.40. The number of allylic oxidation sites excluding steroid dienone is 3. The highest BCUT2D eigenvalue weighted by Gasteiger charge is 2.02. The van der Waals surface area contributed by atoms with E-state index in [-0.39, 0.29) is 5.70 Å². The van der Waals surface area contributed by atoms with E-state index < -0.39 is 4.92 Å². The molecule has 0 aliphatic heterocycles. The van der Waals surface area contributed by atoms with Crippen molar-refractivity contribution in [2.24, 2.45) is 0 Å². The lowest BCUT2D eigenvalue weighted by atomic mass is 10.2. The molecule has 0 radical (unpaired) electrons. The van der Waals surface area contributed by atoms with Gasteiger partial charge >= 0.3 is 0 Å². The van der Waals surface area contributed by atoms with Crippen molar-refractivity contribution in [2.45, 2.75) is 19.8 Å². The highest BCUT2D eigenvalue weighted by molar-refractivity contribution is 5.19. The van der Waals surface area contributed by atoms with E-state index in [9.17, 15) is 10.1 Å². The van der Waals surface area contributed by atoms with Crippen LogP contribution < -0.4 is 0 Å². The minimum absolute atomic E-state index is 0.0646. The summed E-state index contributed by atoms with van der Waals surface area (Å²) < 4.78 is 0. The Bertz CT molecular complexity index is 246. The summed E-state index contributed by atoms with van der Waals surface area (Å²) in [7, 11) is 0. The van der Waals surface area contributed by atoms with Crippen LogP contribution in [0.4, 0.5) is 0 Å². The largest absolute Gasteiger partial charge is 0.266 e. The van der Waals surface area contributed by atoms with Crippen molar-refractivity contribution in [2.75, 3.05) is 0 Å². The van der Waals surface area contributed by atoms with Crippen molar-refractivity contribution in [3.63, 3.8) is 0 Å². The first-order valence-electron chi connectivity index (χ1n) is 3.69. The molecule has 3 nitrogen and oxygen atoms in total. The van der Waals surface area contributed by atoms with Gasteiger partial charge in [-0.3, -0.25) is 10.1 Å². The van der Waals surface area contributed by atoms with Crippen molar-refractivity contribution in [3.8, 4) is 12.3 Å². The molecule has 0 spiro atoms. The summed E-state index contributed by atoms with van der Waals surface area (Å²) in [5, 5.41) is 10.3. The first kappa shape index (κ1) is 10.4. The topological polar surface area (TPSA) is 43.1 Å². The molecule has 0 fully saturated rings. The lowest BCUT2D eigenvalue weighted by Crippen LogP contribution is -1.94. The second-order valence-corrected chi connectivity index (χ2v) is 2.17. The van der Waals surface area contributed by atoms with Gasteiger partial charge in [-0.05, 0) is 18.6 Å². The van der Waals surface area contributed by atoms with Crippen LogP contribution in [0.1, 0.15) is 19.8 Å². The Kier molecular flexibility index (Phi) is 5.37. The van der Waals surface area contributed by atoms with Crippen molar-refractivity contribution in [1.29, 1.82) is 0 Å². The molecule has 3 heteroatoms. The van der Waals surface area contributed by atoms with Crippen LogP contribution in [0, 0.1) is 22.5 Å². The SMILES string of the molecule is C#C/C=C\C(=C/CCC)[N+](=O)[O-]. The summed E-state index contributed by atoms with van der Waals surface area (Å²) in [4.78, 5) is 9.89. The van der Waals surface area contributed by atoms with Crippen molar-refractivity contribution >= 4 is 0 Å². The minimum atomic E-state index is -0.441. The van der Waals surface area contributed by atoms with Crippen LogP contribution in [0.15, 0.2) is 23.9 Å². The van der Waals surface area contributed by atoms with E-state index in [1.165, 1.54) is 12.2 Å². The van der Waals surface area contributed by atoms with Crippen molar-refractivity contribution in [1.82, 2.24) is 0 Å². The molecule has 0 aliphatic carbocycles. The van der Waals surface area contributed by atoms with E-state index in [0.717, 1.165) is 6.42 Å². The molecular formula is C9H11NO2. The molecule has 0 saturated heterocycles. The molecule has 0 atom stereocenters. The van der Waals surface area contributed by atoms with Crippen LogP contribution in [0.25, 0.3) is 0 Å². The van der Waals surface area contributed by atoms with Crippen LogP contribution in [-0.2, 0) is 0 Å². The number of terminal acetylenes is 1. The Balaban J connectivity index is 4.35. The second kappa shape index (κ2) is 6.17. The van der Waals surface area contributed by atoms with Gasteiger partial charge in [0, 0.05) is 6.08 Å². The molecule has 64 valence electrons. The third-order valence-electron chi connectivity index (χ3n) is 1.20. The van der Waals surface area contributed by atoms with Gasteiger partial charge in [0.05, 0.1) is 4.92 Å². The average molecular weight is 165 g/mol. The molecule has 0 saturated carbocycles. The Labute approximate surface area is 71.9 Å². The Hall–Kier alpha value is -1.56. The lowest BCUT2D eigenvalue weighted by molar-refractivity contribution is -0.419. The molecule has 0 rings (SSSR count). The van der Waals surface area contributed by atoms with Gasteiger partial charge in [-0.1, -0.05) is 19.3 Å². The maximum absolute atomic E-state index is 10.3. The number of nitrogens with zero attached hydrogens (tertiary/aromatic N) is 1. The minimum Gasteiger partial charge on any atom is -0.258 e. The third kappa shape index (κ3) is 4.29. The molecule has 0 aromatic carbocycles. The normalized spacial score (nSPS) is 11.5. The van der Waals surface area contributed by atoms with Crippen LogP contribution in [0.5, 0.6) is 0 Å². The molecular weight excluding hydrogens is 154 g/mol. The molecule has 0 bridgehead atoms. The van der Waals surface area contributed by atoms with Gasteiger partial charge in [-0.15, -0.1) is 6.42 Å². The number of hydrogen-bond donors (Lipinski definition) is 0. The molecule has 0 aliphatic rings. The highest BCUT2D eigenvalue weighted by atomic mass is 16.6. The van der Waals surface area contributed by atoms with Gasteiger partial charge in [0.1, 0.15) is 0 Å². The number of hydrogen-bond acceptors (Lipinski definition) is 2. The molecule has 0 heterocycles. The Morgan fingerprint density at radius 3 is 2.83 bits per heavy atom.